The van der Waals surface area contributed by atoms with Crippen molar-refractivity contribution in [2.24, 2.45) is 0 Å². The number of para-hydroxylation sites is 4. The quantitative estimate of drug-likeness (QED) is 0.250. The Morgan fingerprint density at radius 3 is 1.55 bits per heavy atom. The summed E-state index contributed by atoms with van der Waals surface area (Å²) < 4.78 is 6.16. The van der Waals surface area contributed by atoms with Gasteiger partial charge in [-0.3, -0.25) is 9.97 Å². The highest BCUT2D eigenvalue weighted by atomic mass is 16.5. The largest absolute Gasteiger partial charge is 0.453 e. The van der Waals surface area contributed by atoms with E-state index in [1.165, 1.54) is 0 Å². The number of hydrogen-bond acceptors (Lipinski definition) is 6. The van der Waals surface area contributed by atoms with Crippen LogP contribution in [-0.4, -0.2) is 19.9 Å². The molecule has 6 nitrogen and oxygen atoms in total. The monoisotopic (exact) mass is 491 g/mol. The highest BCUT2D eigenvalue weighted by Crippen LogP contribution is 2.50. The average molecular weight is 492 g/mol. The standard InChI is InChI=1S/C32H21N5O/c1-3-13-30-28(11-1)37(29-12-2-4-14-31(29)38-30)23-17-15-22(16-18-23)32-35-26(24-9-5-7-19-33-24)21-27(36-32)25-10-6-8-20-34-25/h1-21H. The Morgan fingerprint density at radius 2 is 1.03 bits per heavy atom. The van der Waals surface area contributed by atoms with Gasteiger partial charge in [-0.1, -0.05) is 36.4 Å². The fourth-order valence-corrected chi connectivity index (χ4v) is 4.61. The number of rotatable bonds is 4. The first-order chi connectivity index (χ1) is 18.8. The van der Waals surface area contributed by atoms with Crippen LogP contribution < -0.4 is 9.64 Å². The van der Waals surface area contributed by atoms with Gasteiger partial charge in [0.25, 0.3) is 0 Å². The lowest BCUT2D eigenvalue weighted by atomic mass is 10.1. The molecule has 1 aliphatic heterocycles. The molecule has 1 aliphatic rings. The second kappa shape index (κ2) is 9.26. The van der Waals surface area contributed by atoms with E-state index in [1.54, 1.807) is 12.4 Å². The summed E-state index contributed by atoms with van der Waals surface area (Å²) in [5, 5.41) is 0. The molecule has 0 aliphatic carbocycles. The lowest BCUT2D eigenvalue weighted by Gasteiger charge is -2.32. The zero-order chi connectivity index (χ0) is 25.3. The third-order valence-electron chi connectivity index (χ3n) is 6.40. The molecule has 0 unspecified atom stereocenters. The predicted molar refractivity (Wildman–Crippen MR) is 149 cm³/mol. The molecule has 3 aromatic carbocycles. The topological polar surface area (TPSA) is 64.0 Å². The molecule has 0 amide bonds. The number of pyridine rings is 2. The maximum absolute atomic E-state index is 6.16. The SMILES string of the molecule is c1ccc(-c2cc(-c3ccccn3)nc(-c3ccc(N4c5ccccc5Oc5ccccc54)cc3)n2)nc1. The van der Waals surface area contributed by atoms with Crippen LogP contribution in [0.15, 0.2) is 128 Å². The van der Waals surface area contributed by atoms with Crippen LogP contribution >= 0.6 is 0 Å². The first-order valence-electron chi connectivity index (χ1n) is 12.3. The Bertz CT molecular complexity index is 1640. The Labute approximate surface area is 219 Å². The van der Waals surface area contributed by atoms with Gasteiger partial charge in [0.05, 0.1) is 34.2 Å². The molecule has 0 N–H and O–H groups in total. The highest BCUT2D eigenvalue weighted by molar-refractivity contribution is 5.86. The molecule has 3 aromatic heterocycles. The van der Waals surface area contributed by atoms with Gasteiger partial charge in [-0.25, -0.2) is 9.97 Å². The molecule has 6 heteroatoms. The van der Waals surface area contributed by atoms with Crippen LogP contribution in [0.25, 0.3) is 34.2 Å². The van der Waals surface area contributed by atoms with Gasteiger partial charge >= 0.3 is 0 Å². The molecule has 0 spiro atoms. The smallest absolute Gasteiger partial charge is 0.160 e. The minimum Gasteiger partial charge on any atom is -0.453 e. The zero-order valence-electron chi connectivity index (χ0n) is 20.3. The number of benzene rings is 3. The van der Waals surface area contributed by atoms with Crippen molar-refractivity contribution in [3.8, 4) is 45.7 Å². The van der Waals surface area contributed by atoms with Crippen molar-refractivity contribution in [2.75, 3.05) is 4.90 Å². The first kappa shape index (κ1) is 21.9. The Kier molecular flexibility index (Phi) is 5.33. The summed E-state index contributed by atoms with van der Waals surface area (Å²) in [5.41, 5.74) is 6.96. The van der Waals surface area contributed by atoms with Crippen LogP contribution in [0.3, 0.4) is 0 Å². The maximum Gasteiger partial charge on any atom is 0.160 e. The Hall–Kier alpha value is -5.36. The van der Waals surface area contributed by atoms with Crippen LogP contribution in [-0.2, 0) is 0 Å². The number of fused-ring (bicyclic) bond motifs is 2. The van der Waals surface area contributed by atoms with Gasteiger partial charge in [0.15, 0.2) is 17.3 Å². The predicted octanol–water partition coefficient (Wildman–Crippen LogP) is 7.84. The lowest BCUT2D eigenvalue weighted by Crippen LogP contribution is -2.15. The van der Waals surface area contributed by atoms with E-state index in [2.05, 4.69) is 51.3 Å². The molecule has 0 bridgehead atoms. The summed E-state index contributed by atoms with van der Waals surface area (Å²) in [6.45, 7) is 0. The van der Waals surface area contributed by atoms with Crippen LogP contribution in [0, 0.1) is 0 Å². The molecule has 7 rings (SSSR count). The molecule has 6 aromatic rings. The maximum atomic E-state index is 6.16. The fourth-order valence-electron chi connectivity index (χ4n) is 4.61. The van der Waals surface area contributed by atoms with Gasteiger partial charge in [0.1, 0.15) is 0 Å². The number of ether oxygens (including phenoxy) is 1. The summed E-state index contributed by atoms with van der Waals surface area (Å²) in [6, 6.07) is 37.9. The van der Waals surface area contributed by atoms with Crippen molar-refractivity contribution in [1.82, 2.24) is 19.9 Å². The molecule has 0 radical (unpaired) electrons. The van der Waals surface area contributed by atoms with E-state index in [0.717, 1.165) is 56.9 Å². The van der Waals surface area contributed by atoms with E-state index in [-0.39, 0.29) is 0 Å². The first-order valence-corrected chi connectivity index (χ1v) is 12.3. The van der Waals surface area contributed by atoms with Gasteiger partial charge in [-0.15, -0.1) is 0 Å². The van der Waals surface area contributed by atoms with E-state index in [0.29, 0.717) is 5.82 Å². The number of hydrogen-bond donors (Lipinski definition) is 0. The third kappa shape index (κ3) is 3.94. The van der Waals surface area contributed by atoms with Crippen LogP contribution in [0.2, 0.25) is 0 Å². The van der Waals surface area contributed by atoms with E-state index < -0.39 is 0 Å². The average Bonchev–Trinajstić information content (AvgIpc) is 3.00. The lowest BCUT2D eigenvalue weighted by molar-refractivity contribution is 0.477. The van der Waals surface area contributed by atoms with Gasteiger partial charge in [-0.2, -0.15) is 0 Å². The number of aromatic nitrogens is 4. The van der Waals surface area contributed by atoms with E-state index in [1.807, 2.05) is 78.9 Å². The summed E-state index contributed by atoms with van der Waals surface area (Å²) in [4.78, 5) is 21.0. The number of nitrogens with zero attached hydrogens (tertiary/aromatic N) is 5. The summed E-state index contributed by atoms with van der Waals surface area (Å²) in [7, 11) is 0. The second-order valence-corrected chi connectivity index (χ2v) is 8.81. The summed E-state index contributed by atoms with van der Waals surface area (Å²) in [6.07, 6.45) is 3.54. The normalized spacial score (nSPS) is 11.8. The van der Waals surface area contributed by atoms with Crippen LogP contribution in [0.4, 0.5) is 17.1 Å². The molecule has 38 heavy (non-hydrogen) atoms. The minimum atomic E-state index is 0.614. The van der Waals surface area contributed by atoms with Gasteiger partial charge in [-0.05, 0) is 78.9 Å². The van der Waals surface area contributed by atoms with Crippen LogP contribution in [0.5, 0.6) is 11.5 Å². The summed E-state index contributed by atoms with van der Waals surface area (Å²) >= 11 is 0. The molecule has 0 saturated heterocycles. The van der Waals surface area contributed by atoms with E-state index in [9.17, 15) is 0 Å². The fraction of sp³-hybridized carbons (Fsp3) is 0. The van der Waals surface area contributed by atoms with Gasteiger partial charge in [0.2, 0.25) is 0 Å². The zero-order valence-corrected chi connectivity index (χ0v) is 20.3. The van der Waals surface area contributed by atoms with Crippen molar-refractivity contribution in [3.05, 3.63) is 128 Å². The van der Waals surface area contributed by atoms with Crippen LogP contribution in [0.1, 0.15) is 0 Å². The molecule has 180 valence electrons. The highest BCUT2D eigenvalue weighted by Gasteiger charge is 2.25. The molecule has 0 saturated carbocycles. The number of anilines is 3. The minimum absolute atomic E-state index is 0.614. The molecule has 0 fully saturated rings. The van der Waals surface area contributed by atoms with Gasteiger partial charge in [0, 0.05) is 23.6 Å². The third-order valence-corrected chi connectivity index (χ3v) is 6.40. The molecular weight excluding hydrogens is 470 g/mol. The van der Waals surface area contributed by atoms with E-state index >= 15 is 0 Å². The Balaban J connectivity index is 1.32. The van der Waals surface area contributed by atoms with Crippen molar-refractivity contribution in [2.45, 2.75) is 0 Å². The van der Waals surface area contributed by atoms with Crippen molar-refractivity contribution in [1.29, 1.82) is 0 Å². The second-order valence-electron chi connectivity index (χ2n) is 8.81. The van der Waals surface area contributed by atoms with Gasteiger partial charge < -0.3 is 9.64 Å². The van der Waals surface area contributed by atoms with Crippen molar-refractivity contribution >= 4 is 17.1 Å². The van der Waals surface area contributed by atoms with Crippen molar-refractivity contribution < 1.29 is 4.74 Å². The molecule has 4 heterocycles. The Morgan fingerprint density at radius 1 is 0.500 bits per heavy atom. The molecule has 0 atom stereocenters. The summed E-state index contributed by atoms with van der Waals surface area (Å²) in [5.74, 6) is 2.26. The van der Waals surface area contributed by atoms with Crippen molar-refractivity contribution in [3.63, 3.8) is 0 Å². The molecular formula is C32H21N5O. The van der Waals surface area contributed by atoms with E-state index in [4.69, 9.17) is 14.7 Å².